The quantitative estimate of drug-likeness (QED) is 0.161. The van der Waals surface area contributed by atoms with Gasteiger partial charge in [-0.1, -0.05) is 64.2 Å². The van der Waals surface area contributed by atoms with E-state index in [2.05, 4.69) is 6.92 Å². The van der Waals surface area contributed by atoms with Crippen LogP contribution in [-0.4, -0.2) is 113 Å². The number of ketones is 2. The van der Waals surface area contributed by atoms with Crippen molar-refractivity contribution in [3.8, 4) is 0 Å². The average molecular weight is 828 g/mol. The Bertz CT molecular complexity index is 1550. The Morgan fingerprint density at radius 2 is 1.64 bits per heavy atom. The predicted molar refractivity (Wildman–Crippen MR) is 225 cm³/mol. The number of esters is 1. The molecule has 13 atom stereocenters. The number of amides is 1. The van der Waals surface area contributed by atoms with Crippen LogP contribution < -0.4 is 0 Å². The average Bonchev–Trinajstić information content (AvgIpc) is 3.21. The maximum atomic E-state index is 14.2. The molecule has 12 heteroatoms. The number of hydrogen-bond acceptors (Lipinski definition) is 11. The number of aliphatic hydroxyl groups is 3. The van der Waals surface area contributed by atoms with Crippen molar-refractivity contribution in [2.24, 2.45) is 29.6 Å². The number of allylic oxidation sites excluding steroid dienone is 5. The second-order valence-corrected chi connectivity index (χ2v) is 18.1. The number of carbonyl (C=O) groups excluding carboxylic acids is 4. The molecule has 1 amide bonds. The van der Waals surface area contributed by atoms with Crippen LogP contribution >= 0.6 is 0 Å². The van der Waals surface area contributed by atoms with Crippen molar-refractivity contribution in [2.45, 2.75) is 173 Å². The third-order valence-electron chi connectivity index (χ3n) is 13.4. The first kappa shape index (κ1) is 48.7. The first-order valence-electron chi connectivity index (χ1n) is 22.1. The zero-order chi connectivity index (χ0) is 43.4. The van der Waals surface area contributed by atoms with E-state index in [4.69, 9.17) is 18.9 Å². The summed E-state index contributed by atoms with van der Waals surface area (Å²) < 4.78 is 23.8. The molecule has 12 nitrogen and oxygen atoms in total. The molecule has 332 valence electrons. The Morgan fingerprint density at radius 1 is 0.898 bits per heavy atom. The summed E-state index contributed by atoms with van der Waals surface area (Å²) in [7, 11) is 3.19. The van der Waals surface area contributed by atoms with Crippen LogP contribution in [0.4, 0.5) is 0 Å². The summed E-state index contributed by atoms with van der Waals surface area (Å²) in [5.41, 5.74) is 1.51. The second-order valence-electron chi connectivity index (χ2n) is 18.1. The molecule has 1 unspecified atom stereocenters. The van der Waals surface area contributed by atoms with Crippen molar-refractivity contribution >= 4 is 23.4 Å². The van der Waals surface area contributed by atoms with Gasteiger partial charge in [-0.25, -0.2) is 4.79 Å². The second kappa shape index (κ2) is 22.7. The molecular formula is C47H73NO11. The van der Waals surface area contributed by atoms with Gasteiger partial charge in [0, 0.05) is 51.9 Å². The summed E-state index contributed by atoms with van der Waals surface area (Å²) >= 11 is 0. The van der Waals surface area contributed by atoms with E-state index in [1.54, 1.807) is 28.1 Å². The molecule has 0 aromatic carbocycles. The van der Waals surface area contributed by atoms with E-state index < -0.39 is 59.8 Å². The Morgan fingerprint density at radius 3 is 2.36 bits per heavy atom. The number of carbonyl (C=O) groups is 4. The van der Waals surface area contributed by atoms with E-state index >= 15 is 0 Å². The van der Waals surface area contributed by atoms with Crippen molar-refractivity contribution in [3.63, 3.8) is 0 Å². The van der Waals surface area contributed by atoms with E-state index in [1.165, 1.54) is 4.90 Å². The number of rotatable bonds is 5. The minimum absolute atomic E-state index is 0.0316. The van der Waals surface area contributed by atoms with Crippen molar-refractivity contribution in [1.82, 2.24) is 4.90 Å². The van der Waals surface area contributed by atoms with Gasteiger partial charge in [-0.3, -0.25) is 14.4 Å². The Labute approximate surface area is 352 Å². The maximum Gasteiger partial charge on any atom is 0.329 e. The molecule has 2 bridgehead atoms. The van der Waals surface area contributed by atoms with Crippen LogP contribution in [0, 0.1) is 29.6 Å². The van der Waals surface area contributed by atoms with Gasteiger partial charge in [-0.2, -0.15) is 0 Å². The fourth-order valence-electron chi connectivity index (χ4n) is 9.27. The molecule has 1 aliphatic carbocycles. The molecule has 0 spiro atoms. The number of aliphatic hydroxyl groups excluding tert-OH is 2. The predicted octanol–water partition coefficient (Wildman–Crippen LogP) is 6.35. The molecule has 0 aromatic rings. The number of methoxy groups -OCH3 is 2. The first-order chi connectivity index (χ1) is 28.0. The lowest BCUT2D eigenvalue weighted by Gasteiger charge is -2.42. The van der Waals surface area contributed by atoms with Crippen LogP contribution in [0.25, 0.3) is 0 Å². The zero-order valence-electron chi connectivity index (χ0n) is 36.8. The first-order valence-corrected chi connectivity index (χ1v) is 22.1. The number of nitrogens with zero attached hydrogens (tertiary/aromatic N) is 1. The molecule has 0 aromatic heterocycles. The maximum absolute atomic E-state index is 14.2. The topological polar surface area (TPSA) is 169 Å². The van der Waals surface area contributed by atoms with Crippen LogP contribution in [-0.2, 0) is 38.1 Å². The number of fused-ring (bicyclic) bond motifs is 3. The summed E-state index contributed by atoms with van der Waals surface area (Å²) in [5.74, 6) is -5.85. The number of cyclic esters (lactones) is 1. The molecule has 2 saturated heterocycles. The third-order valence-corrected chi connectivity index (χ3v) is 13.4. The SMILES string of the molecule is CO[C@H]1C[C@@H]2CC[C@@H](C)[C@@](O)(O2)C(=O)C(=O)N2CCCC[C@H]2C(=O)OC([C@H](C)C[C@@H]2CC[C@@H](O)[C@H](OC)C2)C/C=C(/C)[C@H](O)CC(=O)[C@H](C)C[C@H](C)/C=C/C=C/C=C/1C. The van der Waals surface area contributed by atoms with Gasteiger partial charge < -0.3 is 39.2 Å². The number of hydrogen-bond donors (Lipinski definition) is 3. The van der Waals surface area contributed by atoms with Crippen LogP contribution in [0.1, 0.15) is 125 Å². The van der Waals surface area contributed by atoms with Crippen LogP contribution in [0.5, 0.6) is 0 Å². The lowest BCUT2D eigenvalue weighted by Crippen LogP contribution is -2.61. The Balaban J connectivity index is 1.65. The summed E-state index contributed by atoms with van der Waals surface area (Å²) in [4.78, 5) is 57.0. The Kier molecular flexibility index (Phi) is 18.7. The normalized spacial score (nSPS) is 40.3. The van der Waals surface area contributed by atoms with Crippen molar-refractivity contribution < 1.29 is 53.4 Å². The minimum atomic E-state index is -2.38. The van der Waals surface area contributed by atoms with E-state index in [0.29, 0.717) is 69.8 Å². The molecule has 59 heavy (non-hydrogen) atoms. The standard InChI is InChI=1S/C47H73NO11/c1-29-14-10-9-11-15-31(3)42(56-7)27-36-20-18-34(6)47(55,59-36)44(52)45(53)48-23-13-12-16-37(48)46(54)58-41(22-17-30(2)39(50)28-40(51)32(4)24-29)33(5)25-35-19-21-38(49)43(26-35)57-8/h9-11,14-15,17,29,32-39,41-43,49-50,55H,12-13,16,18-28H2,1-8H3/b11-9+,14-10+,30-17-,31-15+/t29-,32-,33-,34-,35+,36+,37+,38-,39-,41?,42+,43-,47-/m1/s1. The highest BCUT2D eigenvalue weighted by molar-refractivity contribution is 6.39. The van der Waals surface area contributed by atoms with Crippen molar-refractivity contribution in [1.29, 1.82) is 0 Å². The van der Waals surface area contributed by atoms with Gasteiger partial charge in [0.05, 0.1) is 30.5 Å². The minimum Gasteiger partial charge on any atom is -0.460 e. The smallest absolute Gasteiger partial charge is 0.329 e. The van der Waals surface area contributed by atoms with Crippen LogP contribution in [0.2, 0.25) is 0 Å². The molecule has 3 fully saturated rings. The summed E-state index contributed by atoms with van der Waals surface area (Å²) in [5, 5.41) is 33.5. The lowest BCUT2D eigenvalue weighted by molar-refractivity contribution is -0.265. The fourth-order valence-corrected chi connectivity index (χ4v) is 9.27. The van der Waals surface area contributed by atoms with Crippen molar-refractivity contribution in [2.75, 3.05) is 20.8 Å². The van der Waals surface area contributed by atoms with Gasteiger partial charge in [0.25, 0.3) is 11.7 Å². The highest BCUT2D eigenvalue weighted by Gasteiger charge is 2.53. The fraction of sp³-hybridized carbons (Fsp3) is 0.745. The monoisotopic (exact) mass is 828 g/mol. The molecule has 0 radical (unpaired) electrons. The van der Waals surface area contributed by atoms with Gasteiger partial charge in [0.1, 0.15) is 17.9 Å². The molecule has 3 aliphatic heterocycles. The van der Waals surface area contributed by atoms with Gasteiger partial charge >= 0.3 is 5.97 Å². The number of piperidine rings is 1. The van der Waals surface area contributed by atoms with E-state index in [0.717, 1.165) is 12.0 Å². The third kappa shape index (κ3) is 13.2. The van der Waals surface area contributed by atoms with Gasteiger partial charge in [-0.05, 0) is 107 Å². The molecule has 3 N–H and O–H groups in total. The molecular weight excluding hydrogens is 755 g/mol. The summed E-state index contributed by atoms with van der Waals surface area (Å²) in [6.45, 7) is 11.5. The van der Waals surface area contributed by atoms with Crippen molar-refractivity contribution in [3.05, 3.63) is 47.6 Å². The molecule has 4 aliphatic rings. The number of ether oxygens (including phenoxy) is 4. The molecule has 3 heterocycles. The van der Waals surface area contributed by atoms with Gasteiger partial charge in [0.15, 0.2) is 0 Å². The van der Waals surface area contributed by atoms with E-state index in [1.807, 2.05) is 57.2 Å². The highest BCUT2D eigenvalue weighted by atomic mass is 16.6. The summed E-state index contributed by atoms with van der Waals surface area (Å²) in [6, 6.07) is -1.04. The largest absolute Gasteiger partial charge is 0.460 e. The Hall–Kier alpha value is -3.00. The summed E-state index contributed by atoms with van der Waals surface area (Å²) in [6.07, 6.45) is 14.7. The molecule has 1 saturated carbocycles. The zero-order valence-corrected chi connectivity index (χ0v) is 36.8. The van der Waals surface area contributed by atoms with Crippen LogP contribution in [0.15, 0.2) is 47.6 Å². The van der Waals surface area contributed by atoms with Gasteiger partial charge in [-0.15, -0.1) is 0 Å². The van der Waals surface area contributed by atoms with E-state index in [9.17, 15) is 34.5 Å². The van der Waals surface area contributed by atoms with Gasteiger partial charge in [0.2, 0.25) is 5.79 Å². The number of Topliss-reactive ketones (excluding diaryl/α,β-unsaturated/α-hetero) is 2. The van der Waals surface area contributed by atoms with Crippen LogP contribution in [0.3, 0.4) is 0 Å². The van der Waals surface area contributed by atoms with E-state index in [-0.39, 0.29) is 61.0 Å². The highest BCUT2D eigenvalue weighted by Crippen LogP contribution is 2.37. The lowest BCUT2D eigenvalue weighted by atomic mass is 9.79. The molecule has 4 rings (SSSR count).